The summed E-state index contributed by atoms with van der Waals surface area (Å²) in [6.07, 6.45) is 3.78. The molecule has 0 bridgehead atoms. The maximum atomic E-state index is 12.9. The van der Waals surface area contributed by atoms with Crippen LogP contribution in [0.15, 0.2) is 48.5 Å². The van der Waals surface area contributed by atoms with E-state index in [4.69, 9.17) is 14.5 Å². The van der Waals surface area contributed by atoms with Crippen molar-refractivity contribution in [3.05, 3.63) is 59.0 Å². The molecule has 7 heteroatoms. The molecule has 1 fully saturated rings. The highest BCUT2D eigenvalue weighted by Gasteiger charge is 2.19. The Morgan fingerprint density at radius 3 is 2.35 bits per heavy atom. The van der Waals surface area contributed by atoms with Crippen molar-refractivity contribution in [1.82, 2.24) is 9.88 Å². The van der Waals surface area contributed by atoms with Crippen LogP contribution in [0.3, 0.4) is 0 Å². The van der Waals surface area contributed by atoms with Crippen LogP contribution in [0.5, 0.6) is 11.5 Å². The van der Waals surface area contributed by atoms with E-state index in [0.29, 0.717) is 22.2 Å². The van der Waals surface area contributed by atoms with Crippen LogP contribution >= 0.6 is 11.3 Å². The molecule has 1 saturated heterocycles. The number of nitrogens with zero attached hydrogens (tertiary/aromatic N) is 2. The van der Waals surface area contributed by atoms with Crippen LogP contribution in [-0.4, -0.2) is 43.1 Å². The standard InChI is InChI=1S/C24H27N3O3S/c1-29-19-13-18(14-20(15-19)30-2)23(28)26-24-25-22(17-9-5-3-6-10-17)21(31-24)16-27-11-7-4-8-12-27/h3,5-6,9-10,13-15H,4,7-8,11-12,16H2,1-2H3,(H,25,26,28). The van der Waals surface area contributed by atoms with Crippen LogP contribution in [0.2, 0.25) is 0 Å². The zero-order valence-electron chi connectivity index (χ0n) is 17.9. The molecule has 1 aliphatic rings. The summed E-state index contributed by atoms with van der Waals surface area (Å²) in [5.41, 5.74) is 2.47. The Bertz CT molecular complexity index is 1010. The number of aromatic nitrogens is 1. The molecule has 1 aliphatic heterocycles. The molecule has 1 aromatic heterocycles. The minimum Gasteiger partial charge on any atom is -0.497 e. The van der Waals surface area contributed by atoms with Gasteiger partial charge in [0.1, 0.15) is 11.5 Å². The first kappa shape index (κ1) is 21.3. The van der Waals surface area contributed by atoms with Crippen molar-refractivity contribution in [1.29, 1.82) is 0 Å². The van der Waals surface area contributed by atoms with Crippen molar-refractivity contribution in [2.75, 3.05) is 32.6 Å². The zero-order valence-corrected chi connectivity index (χ0v) is 18.7. The number of hydrogen-bond acceptors (Lipinski definition) is 6. The van der Waals surface area contributed by atoms with Crippen molar-refractivity contribution < 1.29 is 14.3 Å². The maximum Gasteiger partial charge on any atom is 0.257 e. The molecule has 0 unspecified atom stereocenters. The molecule has 31 heavy (non-hydrogen) atoms. The molecular weight excluding hydrogens is 410 g/mol. The maximum absolute atomic E-state index is 12.9. The Balaban J connectivity index is 1.60. The van der Waals surface area contributed by atoms with Gasteiger partial charge in [-0.25, -0.2) is 4.98 Å². The molecule has 3 aromatic rings. The van der Waals surface area contributed by atoms with E-state index in [1.165, 1.54) is 24.1 Å². The quantitative estimate of drug-likeness (QED) is 0.559. The van der Waals surface area contributed by atoms with Crippen LogP contribution in [-0.2, 0) is 6.54 Å². The predicted octanol–water partition coefficient (Wildman–Crippen LogP) is 5.07. The fraction of sp³-hybridized carbons (Fsp3) is 0.333. The Kier molecular flexibility index (Phi) is 6.84. The van der Waals surface area contributed by atoms with E-state index in [0.717, 1.165) is 30.9 Å². The molecular formula is C24H27N3O3S. The smallest absolute Gasteiger partial charge is 0.257 e. The van der Waals surface area contributed by atoms with E-state index in [-0.39, 0.29) is 5.91 Å². The number of thiazole rings is 1. The first-order chi connectivity index (χ1) is 15.2. The lowest BCUT2D eigenvalue weighted by atomic mass is 10.1. The predicted molar refractivity (Wildman–Crippen MR) is 124 cm³/mol. The van der Waals surface area contributed by atoms with Gasteiger partial charge in [0.15, 0.2) is 5.13 Å². The second kappa shape index (κ2) is 9.94. The largest absolute Gasteiger partial charge is 0.497 e. The number of amides is 1. The van der Waals surface area contributed by atoms with Crippen molar-refractivity contribution in [2.24, 2.45) is 0 Å². The highest BCUT2D eigenvalue weighted by Crippen LogP contribution is 2.33. The van der Waals surface area contributed by atoms with E-state index in [1.54, 1.807) is 43.8 Å². The van der Waals surface area contributed by atoms with Gasteiger partial charge in [0, 0.05) is 28.6 Å². The summed E-state index contributed by atoms with van der Waals surface area (Å²) in [6.45, 7) is 3.07. The fourth-order valence-corrected chi connectivity index (χ4v) is 4.78. The monoisotopic (exact) mass is 437 g/mol. The Hall–Kier alpha value is -2.90. The number of likely N-dealkylation sites (tertiary alicyclic amines) is 1. The molecule has 6 nitrogen and oxygen atoms in total. The van der Waals surface area contributed by atoms with Crippen LogP contribution < -0.4 is 14.8 Å². The minimum absolute atomic E-state index is 0.241. The van der Waals surface area contributed by atoms with Gasteiger partial charge in [-0.15, -0.1) is 0 Å². The number of methoxy groups -OCH3 is 2. The van der Waals surface area contributed by atoms with Gasteiger partial charge in [-0.05, 0) is 38.1 Å². The van der Waals surface area contributed by atoms with E-state index < -0.39 is 0 Å². The second-order valence-corrected chi connectivity index (χ2v) is 8.63. The number of carbonyl (C=O) groups is 1. The summed E-state index contributed by atoms with van der Waals surface area (Å²) in [6, 6.07) is 15.3. The molecule has 0 spiro atoms. The van der Waals surface area contributed by atoms with Gasteiger partial charge in [0.05, 0.1) is 19.9 Å². The van der Waals surface area contributed by atoms with E-state index in [1.807, 2.05) is 18.2 Å². The van der Waals surface area contributed by atoms with Crippen LogP contribution in [0.25, 0.3) is 11.3 Å². The molecule has 2 heterocycles. The molecule has 2 aromatic carbocycles. The van der Waals surface area contributed by atoms with Gasteiger partial charge in [0.2, 0.25) is 0 Å². The van der Waals surface area contributed by atoms with Crippen LogP contribution in [0.4, 0.5) is 5.13 Å². The van der Waals surface area contributed by atoms with Gasteiger partial charge >= 0.3 is 0 Å². The van der Waals surface area contributed by atoms with Gasteiger partial charge < -0.3 is 9.47 Å². The Morgan fingerprint density at radius 1 is 1.03 bits per heavy atom. The summed E-state index contributed by atoms with van der Waals surface area (Å²) in [5.74, 6) is 0.897. The first-order valence-electron chi connectivity index (χ1n) is 10.5. The highest BCUT2D eigenvalue weighted by molar-refractivity contribution is 7.16. The summed E-state index contributed by atoms with van der Waals surface area (Å²) >= 11 is 1.54. The average molecular weight is 438 g/mol. The lowest BCUT2D eigenvalue weighted by Crippen LogP contribution is -2.28. The molecule has 0 atom stereocenters. The number of benzene rings is 2. The number of rotatable bonds is 7. The fourth-order valence-electron chi connectivity index (χ4n) is 3.76. The van der Waals surface area contributed by atoms with Gasteiger partial charge in [-0.3, -0.25) is 15.0 Å². The molecule has 1 N–H and O–H groups in total. The first-order valence-corrected chi connectivity index (χ1v) is 11.3. The molecule has 162 valence electrons. The summed E-state index contributed by atoms with van der Waals surface area (Å²) in [7, 11) is 3.13. The van der Waals surface area contributed by atoms with Crippen molar-refractivity contribution in [3.8, 4) is 22.8 Å². The third-order valence-electron chi connectivity index (χ3n) is 5.39. The van der Waals surface area contributed by atoms with E-state index in [2.05, 4.69) is 22.3 Å². The number of carbonyl (C=O) groups excluding carboxylic acids is 1. The van der Waals surface area contributed by atoms with Crippen LogP contribution in [0, 0.1) is 0 Å². The number of piperidine rings is 1. The Morgan fingerprint density at radius 2 is 1.71 bits per heavy atom. The summed E-state index contributed by atoms with van der Waals surface area (Å²) in [5, 5.41) is 3.56. The molecule has 0 radical (unpaired) electrons. The second-order valence-electron chi connectivity index (χ2n) is 7.55. The minimum atomic E-state index is -0.241. The average Bonchev–Trinajstić information content (AvgIpc) is 3.21. The number of hydrogen-bond donors (Lipinski definition) is 1. The van der Waals surface area contributed by atoms with Gasteiger partial charge in [0.25, 0.3) is 5.91 Å². The number of anilines is 1. The topological polar surface area (TPSA) is 63.7 Å². The van der Waals surface area contributed by atoms with E-state index in [9.17, 15) is 4.79 Å². The van der Waals surface area contributed by atoms with Crippen molar-refractivity contribution in [3.63, 3.8) is 0 Å². The normalized spacial score (nSPS) is 14.3. The molecule has 0 saturated carbocycles. The van der Waals surface area contributed by atoms with Crippen molar-refractivity contribution in [2.45, 2.75) is 25.8 Å². The number of ether oxygens (including phenoxy) is 2. The Labute approximate surface area is 186 Å². The lowest BCUT2D eigenvalue weighted by molar-refractivity contribution is 0.102. The number of nitrogens with one attached hydrogen (secondary N) is 1. The van der Waals surface area contributed by atoms with Gasteiger partial charge in [-0.1, -0.05) is 48.1 Å². The van der Waals surface area contributed by atoms with Crippen molar-refractivity contribution >= 4 is 22.4 Å². The highest BCUT2D eigenvalue weighted by atomic mass is 32.1. The lowest BCUT2D eigenvalue weighted by Gasteiger charge is -2.26. The molecule has 0 aliphatic carbocycles. The summed E-state index contributed by atoms with van der Waals surface area (Å²) in [4.78, 5) is 21.4. The third-order valence-corrected chi connectivity index (χ3v) is 6.35. The SMILES string of the molecule is COc1cc(OC)cc(C(=O)Nc2nc(-c3ccccc3)c(CN3CCCCC3)s2)c1. The van der Waals surface area contributed by atoms with Crippen LogP contribution in [0.1, 0.15) is 34.5 Å². The molecule has 1 amide bonds. The summed E-state index contributed by atoms with van der Waals surface area (Å²) < 4.78 is 10.6. The molecule has 4 rings (SSSR count). The van der Waals surface area contributed by atoms with Gasteiger partial charge in [-0.2, -0.15) is 0 Å². The van der Waals surface area contributed by atoms with E-state index >= 15 is 0 Å². The third kappa shape index (κ3) is 5.24. The zero-order chi connectivity index (χ0) is 21.6.